The van der Waals surface area contributed by atoms with Gasteiger partial charge in [0.25, 0.3) is 0 Å². The van der Waals surface area contributed by atoms with Crippen LogP contribution in [0.2, 0.25) is 0 Å². The number of hydrogen-bond acceptors (Lipinski definition) is 7. The van der Waals surface area contributed by atoms with Crippen molar-refractivity contribution < 1.29 is 22.7 Å². The van der Waals surface area contributed by atoms with Crippen LogP contribution in [0.4, 0.5) is 11.4 Å². The highest BCUT2D eigenvalue weighted by atomic mass is 32.2. The Hall–Kier alpha value is -3.50. The van der Waals surface area contributed by atoms with Gasteiger partial charge in [0.05, 0.1) is 22.9 Å². The van der Waals surface area contributed by atoms with Crippen LogP contribution in [-0.4, -0.2) is 50.1 Å². The summed E-state index contributed by atoms with van der Waals surface area (Å²) >= 11 is 0. The molecule has 0 radical (unpaired) electrons. The number of piperidine rings is 1. The number of carbonyl (C=O) groups is 2. The Balaban J connectivity index is 1.52. The number of nitrogens with zero attached hydrogens (tertiary/aromatic N) is 2. The first-order valence-electron chi connectivity index (χ1n) is 11.5. The Morgan fingerprint density at radius 1 is 1.09 bits per heavy atom. The Morgan fingerprint density at radius 3 is 2.43 bits per heavy atom. The Bertz CT molecular complexity index is 1280. The highest BCUT2D eigenvalue weighted by molar-refractivity contribution is 7.89. The van der Waals surface area contributed by atoms with Gasteiger partial charge in [0.15, 0.2) is 0 Å². The molecule has 1 saturated heterocycles. The molecule has 9 nitrogen and oxygen atoms in total. The monoisotopic (exact) mass is 496 g/mol. The summed E-state index contributed by atoms with van der Waals surface area (Å²) in [6.07, 6.45) is 0.717. The number of fused-ring (bicyclic) bond motifs is 1. The highest BCUT2D eigenvalue weighted by Gasteiger charge is 2.34. The number of hydrogen-bond donors (Lipinski definition) is 2. The van der Waals surface area contributed by atoms with Crippen molar-refractivity contribution in [3.05, 3.63) is 65.9 Å². The fourth-order valence-corrected chi connectivity index (χ4v) is 5.65. The second-order valence-corrected chi connectivity index (χ2v) is 10.2. The summed E-state index contributed by atoms with van der Waals surface area (Å²) in [5.74, 6) is -1.21. The molecule has 4 rings (SSSR count). The van der Waals surface area contributed by atoms with Crippen LogP contribution in [0, 0.1) is 5.92 Å². The molecular formula is C25H28N4O5S. The lowest BCUT2D eigenvalue weighted by molar-refractivity contribution is -0.137. The molecule has 2 N–H and O–H groups in total. The highest BCUT2D eigenvalue weighted by Crippen LogP contribution is 2.30. The number of allylic oxidation sites excluding steroid dienone is 1. The third-order valence-electron chi connectivity index (χ3n) is 6.00. The quantitative estimate of drug-likeness (QED) is 0.614. The molecule has 0 atom stereocenters. The lowest BCUT2D eigenvalue weighted by atomic mass is 9.97. The maximum absolute atomic E-state index is 13.2. The fraction of sp³-hybridized carbons (Fsp3) is 0.320. The Morgan fingerprint density at radius 2 is 1.74 bits per heavy atom. The zero-order chi connectivity index (χ0) is 25.0. The molecule has 2 aliphatic rings. The summed E-state index contributed by atoms with van der Waals surface area (Å²) in [6, 6.07) is 15.5. The van der Waals surface area contributed by atoms with Crippen molar-refractivity contribution in [3.8, 4) is 0 Å². The van der Waals surface area contributed by atoms with Gasteiger partial charge in [-0.2, -0.15) is 4.31 Å². The number of aliphatic imine (C=N–C) groups is 1. The van der Waals surface area contributed by atoms with Crippen molar-refractivity contribution in [3.63, 3.8) is 0 Å². The van der Waals surface area contributed by atoms with Crippen LogP contribution >= 0.6 is 0 Å². The zero-order valence-electron chi connectivity index (χ0n) is 19.7. The summed E-state index contributed by atoms with van der Waals surface area (Å²) in [4.78, 5) is 30.7. The normalized spacial score (nSPS) is 17.0. The molecule has 2 aliphatic heterocycles. The second kappa shape index (κ2) is 10.4. The molecule has 0 saturated carbocycles. The molecule has 0 spiro atoms. The van der Waals surface area contributed by atoms with E-state index in [2.05, 4.69) is 15.6 Å². The number of ether oxygens (including phenoxy) is 1. The Kier molecular flexibility index (Phi) is 7.32. The maximum atomic E-state index is 13.2. The van der Waals surface area contributed by atoms with Crippen LogP contribution in [0.3, 0.4) is 0 Å². The average Bonchev–Trinajstić information content (AvgIpc) is 2.99. The lowest BCUT2D eigenvalue weighted by Gasteiger charge is -2.30. The molecule has 184 valence electrons. The van der Waals surface area contributed by atoms with Crippen molar-refractivity contribution in [1.82, 2.24) is 9.62 Å². The minimum absolute atomic E-state index is 0.114. The van der Waals surface area contributed by atoms with Crippen LogP contribution in [0.5, 0.6) is 0 Å². The third-order valence-corrected chi connectivity index (χ3v) is 7.91. The number of sulfonamides is 1. The predicted molar refractivity (Wildman–Crippen MR) is 133 cm³/mol. The minimum Gasteiger partial charge on any atom is -0.462 e. The summed E-state index contributed by atoms with van der Waals surface area (Å²) in [5.41, 5.74) is 1.94. The summed E-state index contributed by atoms with van der Waals surface area (Å²) in [6.45, 7) is 4.07. The van der Waals surface area contributed by atoms with Crippen LogP contribution in [0.15, 0.2) is 75.8 Å². The van der Waals surface area contributed by atoms with Gasteiger partial charge in [0.1, 0.15) is 11.4 Å². The van der Waals surface area contributed by atoms with E-state index >= 15 is 0 Å². The number of esters is 1. The fourth-order valence-electron chi connectivity index (χ4n) is 4.16. The van der Waals surface area contributed by atoms with E-state index < -0.39 is 21.9 Å². The van der Waals surface area contributed by atoms with E-state index in [0.717, 1.165) is 0 Å². The van der Waals surface area contributed by atoms with E-state index in [0.29, 0.717) is 29.9 Å². The third kappa shape index (κ3) is 5.28. The topological polar surface area (TPSA) is 117 Å². The average molecular weight is 497 g/mol. The van der Waals surface area contributed by atoms with Crippen LogP contribution in [0.1, 0.15) is 26.7 Å². The second-order valence-electron chi connectivity index (χ2n) is 8.30. The molecule has 0 aromatic heterocycles. The van der Waals surface area contributed by atoms with Crippen molar-refractivity contribution in [2.75, 3.05) is 25.0 Å². The van der Waals surface area contributed by atoms with Crippen molar-refractivity contribution in [1.29, 1.82) is 0 Å². The van der Waals surface area contributed by atoms with Gasteiger partial charge in [-0.05, 0) is 51.0 Å². The molecule has 2 heterocycles. The van der Waals surface area contributed by atoms with E-state index in [9.17, 15) is 18.0 Å². The van der Waals surface area contributed by atoms with Crippen LogP contribution in [0.25, 0.3) is 0 Å². The van der Waals surface area contributed by atoms with E-state index in [-0.39, 0.29) is 41.9 Å². The number of carbonyl (C=O) groups excluding carboxylic acids is 2. The first kappa shape index (κ1) is 24.6. The summed E-state index contributed by atoms with van der Waals surface area (Å²) in [7, 11) is -3.61. The molecule has 1 fully saturated rings. The first-order chi connectivity index (χ1) is 16.8. The van der Waals surface area contributed by atoms with Gasteiger partial charge in [-0.3, -0.25) is 4.79 Å². The molecule has 10 heteroatoms. The molecule has 2 aromatic carbocycles. The number of amidine groups is 1. The Labute approximate surface area is 204 Å². The SMILES string of the molecule is CCOC(=O)C1=C(C)Nc2ccccc2N=C1NC(=O)C1CCN(S(=O)(=O)c2ccccc2)CC1. The van der Waals surface area contributed by atoms with E-state index in [1.54, 1.807) is 50.2 Å². The molecule has 0 unspecified atom stereocenters. The summed E-state index contributed by atoms with van der Waals surface area (Å²) in [5, 5.41) is 5.99. The summed E-state index contributed by atoms with van der Waals surface area (Å²) < 4.78 is 32.4. The van der Waals surface area contributed by atoms with Gasteiger partial charge in [-0.25, -0.2) is 18.2 Å². The molecular weight excluding hydrogens is 468 g/mol. The molecule has 2 aromatic rings. The van der Waals surface area contributed by atoms with E-state index in [1.807, 2.05) is 18.2 Å². The number of para-hydroxylation sites is 2. The van der Waals surface area contributed by atoms with E-state index in [1.165, 1.54) is 4.31 Å². The molecule has 0 aliphatic carbocycles. The zero-order valence-corrected chi connectivity index (χ0v) is 20.5. The number of amides is 1. The maximum Gasteiger partial charge on any atom is 0.343 e. The number of benzene rings is 2. The van der Waals surface area contributed by atoms with E-state index in [4.69, 9.17) is 4.74 Å². The number of anilines is 1. The lowest BCUT2D eigenvalue weighted by Crippen LogP contribution is -2.45. The van der Waals surface area contributed by atoms with Gasteiger partial charge >= 0.3 is 5.97 Å². The predicted octanol–water partition coefficient (Wildman–Crippen LogP) is 3.20. The van der Waals surface area contributed by atoms with Crippen molar-refractivity contribution in [2.45, 2.75) is 31.6 Å². The number of rotatable bonds is 5. The van der Waals surface area contributed by atoms with Gasteiger partial charge < -0.3 is 15.4 Å². The molecule has 0 bridgehead atoms. The van der Waals surface area contributed by atoms with Gasteiger partial charge in [0.2, 0.25) is 15.9 Å². The van der Waals surface area contributed by atoms with Crippen molar-refractivity contribution >= 4 is 39.1 Å². The van der Waals surface area contributed by atoms with Crippen LogP contribution in [-0.2, 0) is 24.3 Å². The van der Waals surface area contributed by atoms with Gasteiger partial charge in [-0.1, -0.05) is 30.3 Å². The van der Waals surface area contributed by atoms with Crippen molar-refractivity contribution in [2.24, 2.45) is 10.9 Å². The minimum atomic E-state index is -3.61. The molecule has 1 amide bonds. The largest absolute Gasteiger partial charge is 0.462 e. The molecule has 35 heavy (non-hydrogen) atoms. The smallest absolute Gasteiger partial charge is 0.343 e. The standard InChI is InChI=1S/C25H28N4O5S/c1-3-34-25(31)22-17(2)26-20-11-7-8-12-21(20)27-23(22)28-24(30)18-13-15-29(16-14-18)35(32,33)19-9-5-4-6-10-19/h4-12,18,26H,3,13-16H2,1-2H3,(H,27,28,30). The van der Waals surface area contributed by atoms with Gasteiger partial charge in [0, 0.05) is 24.7 Å². The number of nitrogens with one attached hydrogen (secondary N) is 2. The van der Waals surface area contributed by atoms with Gasteiger partial charge in [-0.15, -0.1) is 0 Å². The first-order valence-corrected chi connectivity index (χ1v) is 12.9. The van der Waals surface area contributed by atoms with Crippen LogP contribution < -0.4 is 10.6 Å².